The molecule has 2 aliphatic rings. The van der Waals surface area contributed by atoms with Gasteiger partial charge in [-0.15, -0.1) is 0 Å². The van der Waals surface area contributed by atoms with Crippen molar-refractivity contribution >= 4 is 5.91 Å². The number of hydrogen-bond donors (Lipinski definition) is 0. The van der Waals surface area contributed by atoms with E-state index in [1.54, 1.807) is 10.7 Å². The first-order valence-corrected chi connectivity index (χ1v) is 11.0. The smallest absolute Gasteiger partial charge is 0.266 e. The molecule has 2 fully saturated rings. The van der Waals surface area contributed by atoms with Crippen molar-refractivity contribution in [2.75, 3.05) is 32.7 Å². The zero-order valence-electron chi connectivity index (χ0n) is 18.3. The van der Waals surface area contributed by atoms with Crippen molar-refractivity contribution in [3.63, 3.8) is 0 Å². The summed E-state index contributed by atoms with van der Waals surface area (Å²) in [7, 11) is 0. The fraction of sp³-hybridized carbons (Fsp3) is 0.542. The Morgan fingerprint density at radius 2 is 1.63 bits per heavy atom. The largest absolute Gasteiger partial charge is 0.339 e. The first kappa shape index (κ1) is 20.8. The zero-order valence-corrected chi connectivity index (χ0v) is 18.3. The highest BCUT2D eigenvalue weighted by molar-refractivity contribution is 5.91. The molecule has 0 N–H and O–H groups in total. The van der Waals surface area contributed by atoms with Crippen molar-refractivity contribution < 1.29 is 4.79 Å². The number of benzene rings is 1. The standard InChI is InChI=1S/C24H32N4O2/c1-23(2,3)20-9-10-21(29)28(25-20)18-15-26-13-16-27(17-14-26)22(30)24(11-12-24)19-7-5-4-6-8-19/h4-10H,11-18H2,1-3H3. The van der Waals surface area contributed by atoms with Crippen LogP contribution in [0, 0.1) is 0 Å². The lowest BCUT2D eigenvalue weighted by atomic mass is 9.92. The summed E-state index contributed by atoms with van der Waals surface area (Å²) in [6.45, 7) is 10.8. The first-order valence-electron chi connectivity index (χ1n) is 11.0. The third-order valence-electron chi connectivity index (χ3n) is 6.41. The molecule has 0 atom stereocenters. The predicted molar refractivity (Wildman–Crippen MR) is 118 cm³/mol. The van der Waals surface area contributed by atoms with Crippen LogP contribution in [0.2, 0.25) is 0 Å². The van der Waals surface area contributed by atoms with Gasteiger partial charge in [0.2, 0.25) is 5.91 Å². The molecule has 2 heterocycles. The van der Waals surface area contributed by atoms with Gasteiger partial charge in [0, 0.05) is 44.2 Å². The summed E-state index contributed by atoms with van der Waals surface area (Å²) in [5.74, 6) is 0.282. The van der Waals surface area contributed by atoms with Gasteiger partial charge in [0.15, 0.2) is 0 Å². The molecule has 0 spiro atoms. The Morgan fingerprint density at radius 1 is 0.967 bits per heavy atom. The number of hydrogen-bond acceptors (Lipinski definition) is 4. The van der Waals surface area contributed by atoms with Crippen LogP contribution in [0.3, 0.4) is 0 Å². The van der Waals surface area contributed by atoms with Crippen LogP contribution in [0.1, 0.15) is 44.9 Å². The van der Waals surface area contributed by atoms with E-state index in [4.69, 9.17) is 0 Å². The van der Waals surface area contributed by atoms with Crippen molar-refractivity contribution in [3.8, 4) is 0 Å². The Labute approximate surface area is 178 Å². The lowest BCUT2D eigenvalue weighted by Crippen LogP contribution is -2.52. The van der Waals surface area contributed by atoms with Crippen LogP contribution in [-0.2, 0) is 22.2 Å². The van der Waals surface area contributed by atoms with E-state index < -0.39 is 0 Å². The summed E-state index contributed by atoms with van der Waals surface area (Å²) >= 11 is 0. The summed E-state index contributed by atoms with van der Waals surface area (Å²) in [5, 5.41) is 4.56. The molecular weight excluding hydrogens is 376 g/mol. The summed E-state index contributed by atoms with van der Waals surface area (Å²) in [4.78, 5) is 29.7. The van der Waals surface area contributed by atoms with Gasteiger partial charge >= 0.3 is 0 Å². The molecule has 1 amide bonds. The summed E-state index contributed by atoms with van der Waals surface area (Å²) < 4.78 is 1.58. The van der Waals surface area contributed by atoms with E-state index in [1.165, 1.54) is 0 Å². The topological polar surface area (TPSA) is 58.4 Å². The third kappa shape index (κ3) is 4.19. The minimum atomic E-state index is -0.284. The van der Waals surface area contributed by atoms with Gasteiger partial charge in [-0.05, 0) is 24.5 Å². The average molecular weight is 409 g/mol. The van der Waals surface area contributed by atoms with E-state index in [0.717, 1.165) is 56.8 Å². The maximum Gasteiger partial charge on any atom is 0.266 e. The molecule has 2 aromatic rings. The van der Waals surface area contributed by atoms with E-state index in [-0.39, 0.29) is 22.3 Å². The van der Waals surface area contributed by atoms with Crippen LogP contribution >= 0.6 is 0 Å². The van der Waals surface area contributed by atoms with Crippen LogP contribution in [-0.4, -0.2) is 58.2 Å². The number of aromatic nitrogens is 2. The summed E-state index contributed by atoms with van der Waals surface area (Å²) in [6, 6.07) is 13.6. The SMILES string of the molecule is CC(C)(C)c1ccc(=O)n(CCN2CCN(C(=O)C3(c4ccccc4)CC3)CC2)n1. The second kappa shape index (κ2) is 7.99. The lowest BCUT2D eigenvalue weighted by Gasteiger charge is -2.36. The number of piperazine rings is 1. The maximum atomic E-state index is 13.2. The zero-order chi connectivity index (χ0) is 21.4. The van der Waals surface area contributed by atoms with Gasteiger partial charge in [0.05, 0.1) is 17.7 Å². The van der Waals surface area contributed by atoms with Gasteiger partial charge < -0.3 is 4.90 Å². The van der Waals surface area contributed by atoms with Crippen LogP contribution in [0.4, 0.5) is 0 Å². The molecule has 1 aliphatic carbocycles. The van der Waals surface area contributed by atoms with Crippen LogP contribution in [0.15, 0.2) is 47.3 Å². The average Bonchev–Trinajstić information content (AvgIpc) is 3.55. The van der Waals surface area contributed by atoms with Crippen LogP contribution in [0.25, 0.3) is 0 Å². The van der Waals surface area contributed by atoms with Gasteiger partial charge in [-0.3, -0.25) is 14.5 Å². The minimum Gasteiger partial charge on any atom is -0.339 e. The Bertz CT molecular complexity index is 949. The quantitative estimate of drug-likeness (QED) is 0.762. The molecular formula is C24H32N4O2. The molecule has 6 nitrogen and oxygen atoms in total. The second-order valence-corrected chi connectivity index (χ2v) is 9.61. The van der Waals surface area contributed by atoms with Crippen molar-refractivity contribution in [1.82, 2.24) is 19.6 Å². The molecule has 0 bridgehead atoms. The summed E-state index contributed by atoms with van der Waals surface area (Å²) in [6.07, 6.45) is 1.91. The highest BCUT2D eigenvalue weighted by Gasteiger charge is 2.53. The molecule has 1 saturated carbocycles. The molecule has 0 radical (unpaired) electrons. The summed E-state index contributed by atoms with van der Waals surface area (Å²) in [5.41, 5.74) is 1.65. The lowest BCUT2D eigenvalue weighted by molar-refractivity contribution is -0.135. The molecule has 1 aromatic heterocycles. The number of amides is 1. The Hall–Kier alpha value is -2.47. The fourth-order valence-corrected chi connectivity index (χ4v) is 4.23. The van der Waals surface area contributed by atoms with Crippen LogP contribution < -0.4 is 5.56 Å². The molecule has 1 aromatic carbocycles. The van der Waals surface area contributed by atoms with Crippen molar-refractivity contribution in [3.05, 3.63) is 64.1 Å². The molecule has 1 saturated heterocycles. The van der Waals surface area contributed by atoms with Crippen molar-refractivity contribution in [2.45, 2.75) is 51.0 Å². The monoisotopic (exact) mass is 408 g/mol. The van der Waals surface area contributed by atoms with Gasteiger partial charge in [0.25, 0.3) is 5.56 Å². The maximum absolute atomic E-state index is 13.2. The van der Waals surface area contributed by atoms with E-state index in [2.05, 4.69) is 42.9 Å². The van der Waals surface area contributed by atoms with E-state index in [0.29, 0.717) is 6.54 Å². The number of rotatable bonds is 5. The predicted octanol–water partition coefficient (Wildman–Crippen LogP) is 2.42. The first-order chi connectivity index (χ1) is 14.3. The fourth-order valence-electron chi connectivity index (χ4n) is 4.23. The number of carbonyl (C=O) groups excluding carboxylic acids is 1. The molecule has 30 heavy (non-hydrogen) atoms. The van der Waals surface area contributed by atoms with Gasteiger partial charge in [0.1, 0.15) is 0 Å². The Kier molecular flexibility index (Phi) is 5.53. The Balaban J connectivity index is 1.33. The number of nitrogens with zero attached hydrogens (tertiary/aromatic N) is 4. The van der Waals surface area contributed by atoms with E-state index in [9.17, 15) is 9.59 Å². The van der Waals surface area contributed by atoms with Crippen molar-refractivity contribution in [1.29, 1.82) is 0 Å². The minimum absolute atomic E-state index is 0.0599. The highest BCUT2D eigenvalue weighted by atomic mass is 16.2. The Morgan fingerprint density at radius 3 is 2.23 bits per heavy atom. The van der Waals surface area contributed by atoms with E-state index >= 15 is 0 Å². The second-order valence-electron chi connectivity index (χ2n) is 9.61. The molecule has 4 rings (SSSR count). The third-order valence-corrected chi connectivity index (χ3v) is 6.41. The molecule has 0 unspecified atom stereocenters. The van der Waals surface area contributed by atoms with Gasteiger partial charge in [-0.25, -0.2) is 4.68 Å². The van der Waals surface area contributed by atoms with Crippen molar-refractivity contribution in [2.24, 2.45) is 0 Å². The molecule has 160 valence electrons. The van der Waals surface area contributed by atoms with E-state index in [1.807, 2.05) is 29.2 Å². The van der Waals surface area contributed by atoms with Crippen LogP contribution in [0.5, 0.6) is 0 Å². The number of carbonyl (C=O) groups is 1. The molecule has 1 aliphatic heterocycles. The van der Waals surface area contributed by atoms with Gasteiger partial charge in [-0.1, -0.05) is 51.1 Å². The van der Waals surface area contributed by atoms with Gasteiger partial charge in [-0.2, -0.15) is 5.10 Å². The normalized spacial score (nSPS) is 19.0. The molecule has 6 heteroatoms. The highest BCUT2D eigenvalue weighted by Crippen LogP contribution is 2.49.